The summed E-state index contributed by atoms with van der Waals surface area (Å²) >= 11 is 3.07. The van der Waals surface area contributed by atoms with Crippen molar-refractivity contribution in [3.8, 4) is 0 Å². The highest BCUT2D eigenvalue weighted by Crippen LogP contribution is 2.18. The van der Waals surface area contributed by atoms with Gasteiger partial charge in [0, 0.05) is 12.0 Å². The first-order chi connectivity index (χ1) is 9.06. The molecule has 0 radical (unpaired) electrons. The molecule has 0 heterocycles. The fraction of sp³-hybridized carbons (Fsp3) is 0.188. The topological polar surface area (TPSA) is 17.1 Å². The van der Waals surface area contributed by atoms with Crippen molar-refractivity contribution in [2.45, 2.75) is 19.8 Å². The predicted molar refractivity (Wildman–Crippen MR) is 77.9 cm³/mol. The van der Waals surface area contributed by atoms with E-state index >= 15 is 0 Å². The van der Waals surface area contributed by atoms with Crippen molar-refractivity contribution in [3.05, 3.63) is 69.4 Å². The van der Waals surface area contributed by atoms with Crippen LogP contribution < -0.4 is 0 Å². The summed E-state index contributed by atoms with van der Waals surface area (Å²) in [5, 5.41) is 0. The summed E-state index contributed by atoms with van der Waals surface area (Å²) in [5.74, 6) is -0.437. The fourth-order valence-corrected chi connectivity index (χ4v) is 2.07. The first-order valence-corrected chi connectivity index (χ1v) is 6.89. The maximum atomic E-state index is 13.3. The van der Waals surface area contributed by atoms with Gasteiger partial charge in [0.25, 0.3) is 0 Å². The van der Waals surface area contributed by atoms with Gasteiger partial charge in [-0.15, -0.1) is 0 Å². The lowest BCUT2D eigenvalue weighted by atomic mass is 10.0. The summed E-state index contributed by atoms with van der Waals surface area (Å²) in [7, 11) is 0. The van der Waals surface area contributed by atoms with Crippen LogP contribution >= 0.6 is 15.9 Å². The number of benzene rings is 2. The van der Waals surface area contributed by atoms with Crippen molar-refractivity contribution < 1.29 is 9.18 Å². The second kappa shape index (κ2) is 6.11. The largest absolute Gasteiger partial charge is 0.294 e. The van der Waals surface area contributed by atoms with Crippen molar-refractivity contribution in [1.29, 1.82) is 0 Å². The first kappa shape index (κ1) is 13.9. The Kier molecular flexibility index (Phi) is 4.48. The van der Waals surface area contributed by atoms with Crippen molar-refractivity contribution in [2.75, 3.05) is 0 Å². The third kappa shape index (κ3) is 3.74. The minimum Gasteiger partial charge on any atom is -0.294 e. The Morgan fingerprint density at radius 2 is 1.84 bits per heavy atom. The van der Waals surface area contributed by atoms with E-state index in [1.807, 2.05) is 31.2 Å². The van der Waals surface area contributed by atoms with E-state index < -0.39 is 5.82 Å². The van der Waals surface area contributed by atoms with Crippen LogP contribution in [0.4, 0.5) is 4.39 Å². The second-order valence-electron chi connectivity index (χ2n) is 4.54. The molecule has 2 rings (SSSR count). The number of Topliss-reactive ketones (excluding diaryl/α,β-unsaturated/α-hetero) is 1. The van der Waals surface area contributed by atoms with Gasteiger partial charge in [0.15, 0.2) is 5.78 Å². The van der Waals surface area contributed by atoms with Gasteiger partial charge in [-0.2, -0.15) is 0 Å². The lowest BCUT2D eigenvalue weighted by Gasteiger charge is -2.03. The molecular weight excluding hydrogens is 307 g/mol. The average Bonchev–Trinajstić information content (AvgIpc) is 2.41. The van der Waals surface area contributed by atoms with Crippen LogP contribution in [-0.2, 0) is 6.42 Å². The number of hydrogen-bond donors (Lipinski definition) is 0. The fourth-order valence-electron chi connectivity index (χ4n) is 1.83. The molecule has 0 unspecified atom stereocenters. The number of carbonyl (C=O) groups excluding carboxylic acids is 1. The van der Waals surface area contributed by atoms with Gasteiger partial charge in [-0.1, -0.05) is 35.9 Å². The van der Waals surface area contributed by atoms with E-state index in [0.717, 1.165) is 5.56 Å². The molecule has 0 aliphatic heterocycles. The maximum absolute atomic E-state index is 13.3. The minimum absolute atomic E-state index is 0.0352. The highest BCUT2D eigenvalue weighted by atomic mass is 79.9. The molecule has 3 heteroatoms. The monoisotopic (exact) mass is 320 g/mol. The highest BCUT2D eigenvalue weighted by Gasteiger charge is 2.09. The second-order valence-corrected chi connectivity index (χ2v) is 5.39. The zero-order valence-corrected chi connectivity index (χ0v) is 12.2. The van der Waals surface area contributed by atoms with E-state index in [1.54, 1.807) is 12.1 Å². The Labute approximate surface area is 120 Å². The number of halogens is 2. The SMILES string of the molecule is Cc1ccc(CCC(=O)c2ccc(Br)c(F)c2)cc1. The molecule has 0 atom stereocenters. The van der Waals surface area contributed by atoms with Crippen LogP contribution in [0.3, 0.4) is 0 Å². The minimum atomic E-state index is -0.402. The van der Waals surface area contributed by atoms with Crippen molar-refractivity contribution in [1.82, 2.24) is 0 Å². The van der Waals surface area contributed by atoms with Crippen LogP contribution in [0.15, 0.2) is 46.9 Å². The van der Waals surface area contributed by atoms with Crippen LogP contribution in [0.5, 0.6) is 0 Å². The van der Waals surface area contributed by atoms with E-state index in [2.05, 4.69) is 15.9 Å². The Hall–Kier alpha value is -1.48. The molecule has 98 valence electrons. The number of aryl methyl sites for hydroxylation is 2. The van der Waals surface area contributed by atoms with Gasteiger partial charge >= 0.3 is 0 Å². The molecule has 19 heavy (non-hydrogen) atoms. The number of rotatable bonds is 4. The summed E-state index contributed by atoms with van der Waals surface area (Å²) in [6, 6.07) is 12.6. The zero-order chi connectivity index (χ0) is 13.8. The quantitative estimate of drug-likeness (QED) is 0.745. The maximum Gasteiger partial charge on any atom is 0.163 e. The Bertz CT molecular complexity index is 590. The third-order valence-corrected chi connectivity index (χ3v) is 3.65. The summed E-state index contributed by atoms with van der Waals surface area (Å²) in [6.45, 7) is 2.03. The van der Waals surface area contributed by atoms with Gasteiger partial charge in [0.05, 0.1) is 4.47 Å². The molecule has 0 spiro atoms. The number of carbonyl (C=O) groups is 1. The molecule has 0 aliphatic carbocycles. The van der Waals surface area contributed by atoms with Crippen LogP contribution in [0.25, 0.3) is 0 Å². The van der Waals surface area contributed by atoms with Gasteiger partial charge in [0.2, 0.25) is 0 Å². The van der Waals surface area contributed by atoms with Crippen LogP contribution in [0.2, 0.25) is 0 Å². The van der Waals surface area contributed by atoms with Gasteiger partial charge in [-0.3, -0.25) is 4.79 Å². The molecule has 0 bridgehead atoms. The summed E-state index contributed by atoms with van der Waals surface area (Å²) < 4.78 is 13.7. The smallest absolute Gasteiger partial charge is 0.163 e. The van der Waals surface area contributed by atoms with E-state index in [9.17, 15) is 9.18 Å². The van der Waals surface area contributed by atoms with Gasteiger partial charge in [0.1, 0.15) is 5.82 Å². The summed E-state index contributed by atoms with van der Waals surface area (Å²) in [5.41, 5.74) is 2.74. The van der Waals surface area contributed by atoms with Gasteiger partial charge < -0.3 is 0 Å². The molecule has 2 aromatic carbocycles. The molecular formula is C16H14BrFO. The molecule has 1 nitrogen and oxygen atoms in total. The van der Waals surface area contributed by atoms with Gasteiger partial charge in [-0.25, -0.2) is 4.39 Å². The third-order valence-electron chi connectivity index (χ3n) is 3.00. The van der Waals surface area contributed by atoms with E-state index in [1.165, 1.54) is 11.6 Å². The molecule has 0 aliphatic rings. The summed E-state index contributed by atoms with van der Waals surface area (Å²) in [4.78, 5) is 12.0. The van der Waals surface area contributed by atoms with Crippen molar-refractivity contribution in [2.24, 2.45) is 0 Å². The number of ketones is 1. The van der Waals surface area contributed by atoms with Crippen molar-refractivity contribution >= 4 is 21.7 Å². The van der Waals surface area contributed by atoms with Crippen LogP contribution in [-0.4, -0.2) is 5.78 Å². The standard InChI is InChI=1S/C16H14BrFO/c1-11-2-4-12(5-3-11)6-9-16(19)13-7-8-14(17)15(18)10-13/h2-5,7-8,10H,6,9H2,1H3. The Balaban J connectivity index is 2.01. The molecule has 0 saturated carbocycles. The van der Waals surface area contributed by atoms with Crippen LogP contribution in [0.1, 0.15) is 27.9 Å². The zero-order valence-electron chi connectivity index (χ0n) is 10.6. The van der Waals surface area contributed by atoms with Crippen LogP contribution in [0, 0.1) is 12.7 Å². The van der Waals surface area contributed by atoms with Crippen molar-refractivity contribution in [3.63, 3.8) is 0 Å². The summed E-state index contributed by atoms with van der Waals surface area (Å²) in [6.07, 6.45) is 1.07. The normalized spacial score (nSPS) is 10.5. The molecule has 0 fully saturated rings. The molecule has 0 N–H and O–H groups in total. The molecule has 0 saturated heterocycles. The molecule has 0 aromatic heterocycles. The molecule has 2 aromatic rings. The average molecular weight is 321 g/mol. The number of hydrogen-bond acceptors (Lipinski definition) is 1. The van der Waals surface area contributed by atoms with E-state index in [-0.39, 0.29) is 5.78 Å². The first-order valence-electron chi connectivity index (χ1n) is 6.10. The van der Waals surface area contributed by atoms with Gasteiger partial charge in [-0.05, 0) is 47.0 Å². The van der Waals surface area contributed by atoms with E-state index in [0.29, 0.717) is 22.9 Å². The lowest BCUT2D eigenvalue weighted by Crippen LogP contribution is -2.02. The predicted octanol–water partition coefficient (Wildman–Crippen LogP) is 4.71. The van der Waals surface area contributed by atoms with E-state index in [4.69, 9.17) is 0 Å². The molecule has 0 amide bonds. The lowest BCUT2D eigenvalue weighted by molar-refractivity contribution is 0.0982. The Morgan fingerprint density at radius 1 is 1.16 bits per heavy atom. The highest BCUT2D eigenvalue weighted by molar-refractivity contribution is 9.10. The Morgan fingerprint density at radius 3 is 2.47 bits per heavy atom.